The zero-order chi connectivity index (χ0) is 40.3. The highest BCUT2D eigenvalue weighted by Gasteiger charge is 2.47. The fraction of sp³-hybridized carbons (Fsp3) is 0.927. The van der Waals surface area contributed by atoms with E-state index < -0.39 is 86.7 Å². The summed E-state index contributed by atoms with van der Waals surface area (Å²) in [5.41, 5.74) is 0. The molecule has 11 unspecified atom stereocenters. The van der Waals surface area contributed by atoms with Gasteiger partial charge in [0.25, 0.3) is 0 Å². The SMILES string of the molecule is CCCCCCCCCC/C=C\CCCCCCCCCCCCOCC(COC1OC(COC2OC(CO)C(O)C(O)C2O)C(O)C(O)C1O)OC(C)=O. The van der Waals surface area contributed by atoms with Gasteiger partial charge in [0, 0.05) is 13.5 Å². The molecule has 2 rings (SSSR count). The monoisotopic (exact) mass is 793 g/mol. The Hall–Kier alpha value is -1.27. The number of esters is 1. The third-order valence-corrected chi connectivity index (χ3v) is 10.3. The van der Waals surface area contributed by atoms with Gasteiger partial charge in [-0.3, -0.25) is 4.79 Å². The molecule has 0 spiro atoms. The maximum Gasteiger partial charge on any atom is 0.303 e. The maximum absolute atomic E-state index is 11.7. The number of allylic oxidation sites excluding steroid dienone is 2. The quantitative estimate of drug-likeness (QED) is 0.0292. The van der Waals surface area contributed by atoms with Crippen LogP contribution in [0.4, 0.5) is 0 Å². The summed E-state index contributed by atoms with van der Waals surface area (Å²) in [6.07, 6.45) is 14.0. The van der Waals surface area contributed by atoms with Crippen molar-refractivity contribution in [1.29, 1.82) is 0 Å². The summed E-state index contributed by atoms with van der Waals surface area (Å²) >= 11 is 0. The van der Waals surface area contributed by atoms with E-state index in [2.05, 4.69) is 19.1 Å². The number of hydrogen-bond acceptors (Lipinski definition) is 14. The summed E-state index contributed by atoms with van der Waals surface area (Å²) in [7, 11) is 0. The fourth-order valence-corrected chi connectivity index (χ4v) is 6.87. The van der Waals surface area contributed by atoms with E-state index in [1.165, 1.54) is 116 Å². The molecule has 2 heterocycles. The molecule has 14 heteroatoms. The molecule has 0 saturated carbocycles. The van der Waals surface area contributed by atoms with Gasteiger partial charge in [-0.1, -0.05) is 115 Å². The highest BCUT2D eigenvalue weighted by atomic mass is 16.7. The molecule has 0 radical (unpaired) electrons. The number of ether oxygens (including phenoxy) is 6. The van der Waals surface area contributed by atoms with Gasteiger partial charge in [-0.2, -0.15) is 0 Å². The molecule has 2 saturated heterocycles. The Morgan fingerprint density at radius 2 is 1.04 bits per heavy atom. The van der Waals surface area contributed by atoms with E-state index in [1.54, 1.807) is 0 Å². The lowest BCUT2D eigenvalue weighted by Gasteiger charge is -2.42. The van der Waals surface area contributed by atoms with Crippen molar-refractivity contribution in [3.63, 3.8) is 0 Å². The Balaban J connectivity index is 1.53. The minimum atomic E-state index is -1.70. The van der Waals surface area contributed by atoms with Crippen LogP contribution in [0.2, 0.25) is 0 Å². The van der Waals surface area contributed by atoms with Crippen molar-refractivity contribution in [2.24, 2.45) is 0 Å². The van der Waals surface area contributed by atoms with Crippen LogP contribution < -0.4 is 0 Å². The lowest BCUT2D eigenvalue weighted by atomic mass is 9.98. The van der Waals surface area contributed by atoms with Gasteiger partial charge in [-0.25, -0.2) is 0 Å². The largest absolute Gasteiger partial charge is 0.458 e. The second-order valence-electron chi connectivity index (χ2n) is 15.2. The van der Waals surface area contributed by atoms with E-state index in [1.807, 2.05) is 0 Å². The summed E-state index contributed by atoms with van der Waals surface area (Å²) < 4.78 is 33.1. The van der Waals surface area contributed by atoms with Crippen molar-refractivity contribution < 1.29 is 69.0 Å². The molecule has 0 aliphatic carbocycles. The van der Waals surface area contributed by atoms with E-state index >= 15 is 0 Å². The molecular formula is C41H76O14. The third kappa shape index (κ3) is 20.8. The summed E-state index contributed by atoms with van der Waals surface area (Å²) in [6, 6.07) is 0. The minimum Gasteiger partial charge on any atom is -0.458 e. The lowest BCUT2D eigenvalue weighted by molar-refractivity contribution is -0.332. The van der Waals surface area contributed by atoms with Gasteiger partial charge in [0.05, 0.1) is 26.4 Å². The van der Waals surface area contributed by atoms with Crippen LogP contribution >= 0.6 is 0 Å². The zero-order valence-electron chi connectivity index (χ0n) is 33.7. The van der Waals surface area contributed by atoms with Crippen LogP contribution in [-0.4, -0.2) is 142 Å². The van der Waals surface area contributed by atoms with Crippen LogP contribution in [0.5, 0.6) is 0 Å². The highest BCUT2D eigenvalue weighted by Crippen LogP contribution is 2.26. The molecule has 0 aromatic rings. The van der Waals surface area contributed by atoms with Gasteiger partial charge in [0.1, 0.15) is 54.9 Å². The molecule has 11 atom stereocenters. The number of rotatable bonds is 32. The molecule has 324 valence electrons. The van der Waals surface area contributed by atoms with E-state index in [0.29, 0.717) is 6.61 Å². The number of unbranched alkanes of at least 4 members (excludes halogenated alkanes) is 18. The standard InChI is InChI=1S/C41H76O14/c1-3-4-5-6-7-8-9-10-11-12-13-14-15-16-17-18-19-20-21-22-23-24-25-50-27-31(53-30(2)43)28-51-40-39(49)37(47)35(45)33(55-40)29-52-41-38(48)36(46)34(44)32(26-42)54-41/h12-13,31-42,44-49H,3-11,14-29H2,1-2H3/b13-12-. The first-order valence-corrected chi connectivity index (χ1v) is 21.2. The van der Waals surface area contributed by atoms with Gasteiger partial charge >= 0.3 is 5.97 Å². The Bertz CT molecular complexity index is 969. The molecule has 14 nitrogen and oxygen atoms in total. The topological polar surface area (TPSA) is 214 Å². The second-order valence-corrected chi connectivity index (χ2v) is 15.2. The number of hydrogen-bond donors (Lipinski definition) is 7. The molecule has 55 heavy (non-hydrogen) atoms. The van der Waals surface area contributed by atoms with Crippen LogP contribution in [0.25, 0.3) is 0 Å². The number of aliphatic hydroxyl groups excluding tert-OH is 7. The predicted molar refractivity (Wildman–Crippen MR) is 206 cm³/mol. The molecule has 0 amide bonds. The smallest absolute Gasteiger partial charge is 0.303 e. The average molecular weight is 793 g/mol. The highest BCUT2D eigenvalue weighted by molar-refractivity contribution is 5.66. The molecular weight excluding hydrogens is 716 g/mol. The van der Waals surface area contributed by atoms with Crippen LogP contribution in [0.1, 0.15) is 142 Å². The first-order chi connectivity index (χ1) is 26.6. The molecule has 7 N–H and O–H groups in total. The summed E-state index contributed by atoms with van der Waals surface area (Å²) in [5, 5.41) is 70.9. The molecule has 2 aliphatic heterocycles. The Morgan fingerprint density at radius 3 is 1.55 bits per heavy atom. The summed E-state index contributed by atoms with van der Waals surface area (Å²) in [5.74, 6) is -0.551. The van der Waals surface area contributed by atoms with Crippen LogP contribution in [0.3, 0.4) is 0 Å². The van der Waals surface area contributed by atoms with Crippen molar-refractivity contribution in [1.82, 2.24) is 0 Å². The van der Waals surface area contributed by atoms with Crippen molar-refractivity contribution in [3.8, 4) is 0 Å². The second kappa shape index (κ2) is 30.8. The van der Waals surface area contributed by atoms with E-state index in [-0.39, 0.29) is 13.2 Å². The Labute approximate surface area is 329 Å². The molecule has 2 aliphatic rings. The first kappa shape index (κ1) is 49.9. The van der Waals surface area contributed by atoms with Gasteiger partial charge < -0.3 is 64.2 Å². The maximum atomic E-state index is 11.7. The van der Waals surface area contributed by atoms with Crippen LogP contribution in [0.15, 0.2) is 12.2 Å². The average Bonchev–Trinajstić information content (AvgIpc) is 3.17. The minimum absolute atomic E-state index is 0.0479. The zero-order valence-corrected chi connectivity index (χ0v) is 33.7. The van der Waals surface area contributed by atoms with E-state index in [9.17, 15) is 40.5 Å². The van der Waals surface area contributed by atoms with Crippen molar-refractivity contribution >= 4 is 5.97 Å². The van der Waals surface area contributed by atoms with Gasteiger partial charge in [0.15, 0.2) is 12.6 Å². The number of aliphatic hydroxyl groups is 7. The van der Waals surface area contributed by atoms with Crippen molar-refractivity contribution in [2.75, 3.05) is 33.0 Å². The van der Waals surface area contributed by atoms with Crippen molar-refractivity contribution in [3.05, 3.63) is 12.2 Å². The van der Waals surface area contributed by atoms with Gasteiger partial charge in [-0.15, -0.1) is 0 Å². The van der Waals surface area contributed by atoms with E-state index in [4.69, 9.17) is 28.4 Å². The van der Waals surface area contributed by atoms with Crippen molar-refractivity contribution in [2.45, 2.75) is 210 Å². The Kier molecular flexibility index (Phi) is 27.9. The lowest BCUT2D eigenvalue weighted by Crippen LogP contribution is -2.61. The summed E-state index contributed by atoms with van der Waals surface area (Å²) in [6.45, 7) is 2.68. The Morgan fingerprint density at radius 1 is 0.582 bits per heavy atom. The van der Waals surface area contributed by atoms with Crippen LogP contribution in [0, 0.1) is 0 Å². The molecule has 2 fully saturated rings. The summed E-state index contributed by atoms with van der Waals surface area (Å²) in [4.78, 5) is 11.7. The van der Waals surface area contributed by atoms with E-state index in [0.717, 1.165) is 19.3 Å². The predicted octanol–water partition coefficient (Wildman–Crippen LogP) is 3.95. The number of carbonyl (C=O) groups is 1. The van der Waals surface area contributed by atoms with Crippen LogP contribution in [-0.2, 0) is 33.2 Å². The van der Waals surface area contributed by atoms with Gasteiger partial charge in [0.2, 0.25) is 0 Å². The fourth-order valence-electron chi connectivity index (χ4n) is 6.87. The molecule has 0 bridgehead atoms. The molecule has 0 aromatic heterocycles. The molecule has 0 aromatic carbocycles. The normalized spacial score (nSPS) is 29.2. The van der Waals surface area contributed by atoms with Gasteiger partial charge in [-0.05, 0) is 32.1 Å². The third-order valence-electron chi connectivity index (χ3n) is 10.3. The first-order valence-electron chi connectivity index (χ1n) is 21.2. The number of carbonyl (C=O) groups excluding carboxylic acids is 1.